The fourth-order valence-electron chi connectivity index (χ4n) is 1.86. The Labute approximate surface area is 119 Å². The van der Waals surface area contributed by atoms with Gasteiger partial charge in [0.05, 0.1) is 6.61 Å². The monoisotopic (exact) mass is 266 g/mol. The van der Waals surface area contributed by atoms with Crippen LogP contribution in [0.5, 0.6) is 5.75 Å². The van der Waals surface area contributed by atoms with E-state index in [0.29, 0.717) is 12.2 Å². The summed E-state index contributed by atoms with van der Waals surface area (Å²) in [5.41, 5.74) is 2.80. The Bertz CT molecular complexity index is 610. The first-order valence-electron chi connectivity index (χ1n) is 6.71. The summed E-state index contributed by atoms with van der Waals surface area (Å²) >= 11 is 0. The Balaban J connectivity index is 2.10. The van der Waals surface area contributed by atoms with E-state index in [1.807, 2.05) is 68.5 Å². The summed E-state index contributed by atoms with van der Waals surface area (Å²) in [5.74, 6) is 0.823. The molecule has 0 spiro atoms. The van der Waals surface area contributed by atoms with Crippen LogP contribution in [0.25, 0.3) is 6.08 Å². The topological polar surface area (TPSA) is 26.3 Å². The Hall–Kier alpha value is -2.35. The van der Waals surface area contributed by atoms with Crippen molar-refractivity contribution in [1.82, 2.24) is 0 Å². The molecule has 2 rings (SSSR count). The summed E-state index contributed by atoms with van der Waals surface area (Å²) < 4.78 is 5.43. The van der Waals surface area contributed by atoms with E-state index in [1.54, 1.807) is 6.08 Å². The summed E-state index contributed by atoms with van der Waals surface area (Å²) in [5, 5.41) is 0. The number of rotatable bonds is 5. The van der Waals surface area contributed by atoms with Crippen molar-refractivity contribution < 1.29 is 9.53 Å². The van der Waals surface area contributed by atoms with Gasteiger partial charge in [-0.2, -0.15) is 0 Å². The first kappa shape index (κ1) is 14.1. The lowest BCUT2D eigenvalue weighted by Crippen LogP contribution is -1.94. The molecule has 0 heterocycles. The average Bonchev–Trinajstić information content (AvgIpc) is 2.46. The second-order valence-corrected chi connectivity index (χ2v) is 4.57. The first-order valence-corrected chi connectivity index (χ1v) is 6.71. The van der Waals surface area contributed by atoms with Crippen LogP contribution in [0.1, 0.15) is 28.4 Å². The maximum atomic E-state index is 12.0. The molecule has 0 saturated carbocycles. The first-order chi connectivity index (χ1) is 9.69. The van der Waals surface area contributed by atoms with Gasteiger partial charge in [0.2, 0.25) is 0 Å². The molecule has 2 aromatic carbocycles. The molecule has 0 unspecified atom stereocenters. The van der Waals surface area contributed by atoms with E-state index in [0.717, 1.165) is 16.9 Å². The van der Waals surface area contributed by atoms with Crippen LogP contribution in [0.3, 0.4) is 0 Å². The van der Waals surface area contributed by atoms with Gasteiger partial charge in [-0.25, -0.2) is 0 Å². The maximum absolute atomic E-state index is 12.0. The number of aryl methyl sites for hydroxylation is 1. The Morgan fingerprint density at radius 1 is 1.15 bits per heavy atom. The van der Waals surface area contributed by atoms with Gasteiger partial charge in [0.25, 0.3) is 0 Å². The van der Waals surface area contributed by atoms with Crippen molar-refractivity contribution in [2.24, 2.45) is 0 Å². The molecule has 0 radical (unpaired) electrons. The number of carbonyl (C=O) groups excluding carboxylic acids is 1. The number of ether oxygens (including phenoxy) is 1. The van der Waals surface area contributed by atoms with Gasteiger partial charge in [-0.05, 0) is 37.6 Å². The second-order valence-electron chi connectivity index (χ2n) is 4.57. The number of benzene rings is 2. The van der Waals surface area contributed by atoms with Crippen LogP contribution in [-0.2, 0) is 0 Å². The predicted octanol–water partition coefficient (Wildman–Crippen LogP) is 4.29. The van der Waals surface area contributed by atoms with E-state index in [4.69, 9.17) is 4.74 Å². The molecular formula is C18H18O2. The molecule has 0 bridgehead atoms. The smallest absolute Gasteiger partial charge is 0.185 e. The molecule has 2 nitrogen and oxygen atoms in total. The van der Waals surface area contributed by atoms with Gasteiger partial charge < -0.3 is 4.74 Å². The zero-order chi connectivity index (χ0) is 14.4. The van der Waals surface area contributed by atoms with Gasteiger partial charge in [0.15, 0.2) is 5.78 Å². The highest BCUT2D eigenvalue weighted by Gasteiger charge is 2.00. The third-order valence-electron chi connectivity index (χ3n) is 2.93. The van der Waals surface area contributed by atoms with Gasteiger partial charge in [-0.1, -0.05) is 48.0 Å². The van der Waals surface area contributed by atoms with E-state index in [2.05, 4.69) is 0 Å². The minimum Gasteiger partial charge on any atom is -0.494 e. The summed E-state index contributed by atoms with van der Waals surface area (Å²) in [6.07, 6.45) is 3.40. The van der Waals surface area contributed by atoms with Crippen molar-refractivity contribution in [2.45, 2.75) is 13.8 Å². The third-order valence-corrected chi connectivity index (χ3v) is 2.93. The molecule has 20 heavy (non-hydrogen) atoms. The number of allylic oxidation sites excluding steroid dienone is 1. The van der Waals surface area contributed by atoms with E-state index in [9.17, 15) is 4.79 Å². The average molecular weight is 266 g/mol. The van der Waals surface area contributed by atoms with Crippen LogP contribution in [0.4, 0.5) is 0 Å². The highest BCUT2D eigenvalue weighted by molar-refractivity contribution is 6.06. The fourth-order valence-corrected chi connectivity index (χ4v) is 1.86. The molecule has 0 amide bonds. The minimum atomic E-state index is 0.00631. The zero-order valence-corrected chi connectivity index (χ0v) is 11.8. The summed E-state index contributed by atoms with van der Waals surface area (Å²) in [7, 11) is 0. The van der Waals surface area contributed by atoms with Crippen molar-refractivity contribution in [1.29, 1.82) is 0 Å². The largest absolute Gasteiger partial charge is 0.494 e. The highest BCUT2D eigenvalue weighted by atomic mass is 16.5. The quantitative estimate of drug-likeness (QED) is 0.596. The van der Waals surface area contributed by atoms with E-state index in [1.165, 1.54) is 0 Å². The van der Waals surface area contributed by atoms with Crippen LogP contribution in [0.2, 0.25) is 0 Å². The molecule has 0 saturated heterocycles. The van der Waals surface area contributed by atoms with Crippen LogP contribution in [0, 0.1) is 6.92 Å². The predicted molar refractivity (Wildman–Crippen MR) is 82.2 cm³/mol. The lowest BCUT2D eigenvalue weighted by Gasteiger charge is -2.03. The van der Waals surface area contributed by atoms with Gasteiger partial charge in [-0.15, -0.1) is 0 Å². The lowest BCUT2D eigenvalue weighted by molar-refractivity contribution is 0.104. The summed E-state index contributed by atoms with van der Waals surface area (Å²) in [6.45, 7) is 4.59. The van der Waals surface area contributed by atoms with Crippen LogP contribution in [0.15, 0.2) is 54.6 Å². The standard InChI is InChI=1S/C18H18O2/c1-3-20-17-6-4-5-15(13-17)9-12-18(19)16-10-7-14(2)8-11-16/h4-13H,3H2,1-2H3/b12-9+. The highest BCUT2D eigenvalue weighted by Crippen LogP contribution is 2.15. The molecular weight excluding hydrogens is 248 g/mol. The SMILES string of the molecule is CCOc1cccc(/C=C/C(=O)c2ccc(C)cc2)c1. The second kappa shape index (κ2) is 6.71. The van der Waals surface area contributed by atoms with Crippen molar-refractivity contribution in [3.05, 3.63) is 71.3 Å². The molecule has 0 atom stereocenters. The molecule has 2 heteroatoms. The normalized spacial score (nSPS) is 10.7. The van der Waals surface area contributed by atoms with Crippen LogP contribution < -0.4 is 4.74 Å². The molecule has 0 aromatic heterocycles. The van der Waals surface area contributed by atoms with Crippen LogP contribution >= 0.6 is 0 Å². The Morgan fingerprint density at radius 3 is 2.60 bits per heavy atom. The van der Waals surface area contributed by atoms with Crippen molar-refractivity contribution >= 4 is 11.9 Å². The number of hydrogen-bond donors (Lipinski definition) is 0. The Morgan fingerprint density at radius 2 is 1.90 bits per heavy atom. The van der Waals surface area contributed by atoms with Crippen LogP contribution in [-0.4, -0.2) is 12.4 Å². The molecule has 0 N–H and O–H groups in total. The minimum absolute atomic E-state index is 0.00631. The maximum Gasteiger partial charge on any atom is 0.185 e. The number of ketones is 1. The molecule has 0 aliphatic heterocycles. The lowest BCUT2D eigenvalue weighted by atomic mass is 10.1. The van der Waals surface area contributed by atoms with E-state index in [-0.39, 0.29) is 5.78 Å². The molecule has 0 fully saturated rings. The van der Waals surface area contributed by atoms with E-state index >= 15 is 0 Å². The van der Waals surface area contributed by atoms with Crippen molar-refractivity contribution in [2.75, 3.05) is 6.61 Å². The molecule has 2 aromatic rings. The summed E-state index contributed by atoms with van der Waals surface area (Å²) in [4.78, 5) is 12.0. The number of hydrogen-bond acceptors (Lipinski definition) is 2. The number of carbonyl (C=O) groups is 1. The molecule has 102 valence electrons. The third kappa shape index (κ3) is 3.82. The molecule has 0 aliphatic rings. The molecule has 0 aliphatic carbocycles. The van der Waals surface area contributed by atoms with Crippen molar-refractivity contribution in [3.8, 4) is 5.75 Å². The van der Waals surface area contributed by atoms with Gasteiger partial charge in [-0.3, -0.25) is 4.79 Å². The van der Waals surface area contributed by atoms with E-state index < -0.39 is 0 Å². The zero-order valence-electron chi connectivity index (χ0n) is 11.8. The van der Waals surface area contributed by atoms with Crippen molar-refractivity contribution in [3.63, 3.8) is 0 Å². The fraction of sp³-hybridized carbons (Fsp3) is 0.167. The van der Waals surface area contributed by atoms with Gasteiger partial charge >= 0.3 is 0 Å². The summed E-state index contributed by atoms with van der Waals surface area (Å²) in [6, 6.07) is 15.3. The van der Waals surface area contributed by atoms with Gasteiger partial charge in [0, 0.05) is 5.56 Å². The van der Waals surface area contributed by atoms with Gasteiger partial charge in [0.1, 0.15) is 5.75 Å². The Kier molecular flexibility index (Phi) is 4.72.